The van der Waals surface area contributed by atoms with E-state index in [0.717, 1.165) is 83.5 Å². The molecular weight excluding hydrogens is 888 g/mol. The van der Waals surface area contributed by atoms with Gasteiger partial charge in [-0.05, 0) is 83.5 Å². The Morgan fingerprint density at radius 3 is 1.31 bits per heavy atom. The fourth-order valence-electron chi connectivity index (χ4n) is 8.07. The zero-order valence-corrected chi connectivity index (χ0v) is 47.1. The molecule has 406 valence electrons. The molecule has 9 heteroatoms. The van der Waals surface area contributed by atoms with Gasteiger partial charge >= 0.3 is 7.82 Å². The Hall–Kier alpha value is -2.32. The molecule has 0 aliphatic heterocycles. The minimum atomic E-state index is -4.37. The molecular formula is C61H112N2O6P+. The summed E-state index contributed by atoms with van der Waals surface area (Å²) in [4.78, 5) is 23.2. The Balaban J connectivity index is 4.26. The third-order valence-corrected chi connectivity index (χ3v) is 13.6. The Labute approximate surface area is 433 Å². The van der Waals surface area contributed by atoms with E-state index in [4.69, 9.17) is 9.05 Å². The summed E-state index contributed by atoms with van der Waals surface area (Å²) in [6, 6.07) is -0.889. The van der Waals surface area contributed by atoms with Gasteiger partial charge in [0.25, 0.3) is 0 Å². The van der Waals surface area contributed by atoms with Crippen molar-refractivity contribution in [3.05, 3.63) is 85.1 Å². The van der Waals surface area contributed by atoms with E-state index in [-0.39, 0.29) is 19.1 Å². The molecule has 0 saturated heterocycles. The lowest BCUT2D eigenvalue weighted by Gasteiger charge is -2.25. The van der Waals surface area contributed by atoms with Gasteiger partial charge in [-0.15, -0.1) is 0 Å². The second kappa shape index (κ2) is 51.6. The number of aliphatic hydroxyl groups is 1. The molecule has 0 rings (SSSR count). The first-order valence-electron chi connectivity index (χ1n) is 29.0. The van der Waals surface area contributed by atoms with E-state index in [0.29, 0.717) is 17.4 Å². The first kappa shape index (κ1) is 67.7. The summed E-state index contributed by atoms with van der Waals surface area (Å²) in [7, 11) is 1.52. The number of rotatable bonds is 52. The lowest BCUT2D eigenvalue weighted by atomic mass is 10.0. The van der Waals surface area contributed by atoms with E-state index in [2.05, 4.69) is 92.1 Å². The first-order valence-corrected chi connectivity index (χ1v) is 30.5. The highest BCUT2D eigenvalue weighted by atomic mass is 31.2. The number of nitrogens with one attached hydrogen (secondary N) is 1. The molecule has 70 heavy (non-hydrogen) atoms. The number of carbonyl (C=O) groups excluding carboxylic acids is 1. The van der Waals surface area contributed by atoms with Crippen molar-refractivity contribution < 1.29 is 32.9 Å². The van der Waals surface area contributed by atoms with Crippen molar-refractivity contribution in [1.29, 1.82) is 0 Å². The minimum Gasteiger partial charge on any atom is -0.387 e. The van der Waals surface area contributed by atoms with E-state index < -0.39 is 20.0 Å². The summed E-state index contributed by atoms with van der Waals surface area (Å²) in [6.45, 7) is 4.66. The van der Waals surface area contributed by atoms with Crippen LogP contribution in [0.1, 0.15) is 245 Å². The van der Waals surface area contributed by atoms with Crippen molar-refractivity contribution in [2.75, 3.05) is 40.9 Å². The smallest absolute Gasteiger partial charge is 0.387 e. The van der Waals surface area contributed by atoms with Gasteiger partial charge in [0.15, 0.2) is 0 Å². The summed E-state index contributed by atoms with van der Waals surface area (Å²) < 4.78 is 23.6. The second-order valence-electron chi connectivity index (χ2n) is 20.6. The zero-order valence-electron chi connectivity index (χ0n) is 46.2. The predicted octanol–water partition coefficient (Wildman–Crippen LogP) is 17.6. The second-order valence-corrected chi connectivity index (χ2v) is 22.1. The van der Waals surface area contributed by atoms with Gasteiger partial charge in [0, 0.05) is 6.42 Å². The molecule has 3 N–H and O–H groups in total. The number of allylic oxidation sites excluding steroid dienone is 13. The van der Waals surface area contributed by atoms with Gasteiger partial charge in [-0.2, -0.15) is 0 Å². The summed E-state index contributed by atoms with van der Waals surface area (Å²) in [5.41, 5.74) is 0. The zero-order chi connectivity index (χ0) is 51.3. The van der Waals surface area contributed by atoms with Crippen LogP contribution < -0.4 is 5.32 Å². The van der Waals surface area contributed by atoms with E-state index in [9.17, 15) is 19.4 Å². The molecule has 0 bridgehead atoms. The maximum Gasteiger partial charge on any atom is 0.472 e. The van der Waals surface area contributed by atoms with Crippen LogP contribution >= 0.6 is 7.82 Å². The minimum absolute atomic E-state index is 0.0442. The van der Waals surface area contributed by atoms with Crippen molar-refractivity contribution in [3.63, 3.8) is 0 Å². The molecule has 0 heterocycles. The Bertz CT molecular complexity index is 1410. The van der Waals surface area contributed by atoms with Crippen LogP contribution in [-0.2, 0) is 18.4 Å². The highest BCUT2D eigenvalue weighted by Crippen LogP contribution is 2.43. The largest absolute Gasteiger partial charge is 0.472 e. The van der Waals surface area contributed by atoms with Crippen LogP contribution in [0.15, 0.2) is 85.1 Å². The molecule has 0 saturated carbocycles. The number of unbranched alkanes of at least 4 members (excludes halogenated alkanes) is 27. The first-order chi connectivity index (χ1) is 34.0. The molecule has 3 unspecified atom stereocenters. The maximum absolute atomic E-state index is 12.9. The number of hydrogen-bond donors (Lipinski definition) is 3. The fourth-order valence-corrected chi connectivity index (χ4v) is 8.80. The number of phosphoric ester groups is 1. The van der Waals surface area contributed by atoms with Crippen LogP contribution in [0.5, 0.6) is 0 Å². The fraction of sp³-hybridized carbons (Fsp3) is 0.754. The number of quaternary nitrogens is 1. The molecule has 0 aromatic carbocycles. The lowest BCUT2D eigenvalue weighted by Crippen LogP contribution is -2.45. The molecule has 0 spiro atoms. The van der Waals surface area contributed by atoms with Crippen molar-refractivity contribution in [2.24, 2.45) is 0 Å². The van der Waals surface area contributed by atoms with Crippen LogP contribution in [0.3, 0.4) is 0 Å². The van der Waals surface area contributed by atoms with Crippen LogP contribution in [0.4, 0.5) is 0 Å². The average Bonchev–Trinajstić information content (AvgIpc) is 3.32. The molecule has 0 aliphatic rings. The van der Waals surface area contributed by atoms with Gasteiger partial charge < -0.3 is 19.8 Å². The third kappa shape index (κ3) is 53.5. The molecule has 1 amide bonds. The molecule has 0 radical (unpaired) electrons. The lowest BCUT2D eigenvalue weighted by molar-refractivity contribution is -0.870. The van der Waals surface area contributed by atoms with Crippen molar-refractivity contribution in [1.82, 2.24) is 5.32 Å². The summed E-state index contributed by atoms with van der Waals surface area (Å²) in [5, 5.41) is 13.9. The quantitative estimate of drug-likeness (QED) is 0.0243. The van der Waals surface area contributed by atoms with E-state index in [1.807, 2.05) is 27.2 Å². The summed E-state index contributed by atoms with van der Waals surface area (Å²) in [5.74, 6) is -0.216. The Kier molecular flexibility index (Phi) is 49.9. The topological polar surface area (TPSA) is 105 Å². The number of phosphoric acid groups is 1. The van der Waals surface area contributed by atoms with Gasteiger partial charge in [-0.25, -0.2) is 4.57 Å². The summed E-state index contributed by atoms with van der Waals surface area (Å²) >= 11 is 0. The van der Waals surface area contributed by atoms with Crippen LogP contribution in [0.25, 0.3) is 0 Å². The van der Waals surface area contributed by atoms with Crippen molar-refractivity contribution >= 4 is 13.7 Å². The number of likely N-dealkylation sites (N-methyl/N-ethyl adjacent to an activating group) is 1. The molecule has 0 aromatic rings. The maximum atomic E-state index is 12.9. The summed E-state index contributed by atoms with van der Waals surface area (Å²) in [6.07, 6.45) is 72.8. The monoisotopic (exact) mass is 1000 g/mol. The SMILES string of the molecule is CC/C=C\C/C=C\C/C=C\C/C=C\CCCCCCC(=O)NC(COP(=O)(O)OCC[N+](C)(C)C)C(O)/C=C/CC/C=C/CC/C=C/CCCCCCCCCCCCCCCCCCCCCCC. The van der Waals surface area contributed by atoms with E-state index in [1.165, 1.54) is 141 Å². The van der Waals surface area contributed by atoms with Crippen LogP contribution in [-0.4, -0.2) is 73.4 Å². The number of amides is 1. The van der Waals surface area contributed by atoms with Crippen LogP contribution in [0, 0.1) is 0 Å². The number of nitrogens with zero attached hydrogens (tertiary/aromatic N) is 1. The highest BCUT2D eigenvalue weighted by molar-refractivity contribution is 7.47. The molecule has 0 aromatic heterocycles. The Morgan fingerprint density at radius 1 is 0.500 bits per heavy atom. The van der Waals surface area contributed by atoms with E-state index in [1.54, 1.807) is 6.08 Å². The van der Waals surface area contributed by atoms with Crippen molar-refractivity contribution in [2.45, 2.75) is 257 Å². The molecule has 0 fully saturated rings. The molecule has 8 nitrogen and oxygen atoms in total. The van der Waals surface area contributed by atoms with Gasteiger partial charge in [-0.3, -0.25) is 13.8 Å². The van der Waals surface area contributed by atoms with Gasteiger partial charge in [0.1, 0.15) is 13.2 Å². The van der Waals surface area contributed by atoms with Gasteiger partial charge in [-0.1, -0.05) is 240 Å². The predicted molar refractivity (Wildman–Crippen MR) is 304 cm³/mol. The van der Waals surface area contributed by atoms with E-state index >= 15 is 0 Å². The van der Waals surface area contributed by atoms with Gasteiger partial charge in [0.05, 0.1) is 39.9 Å². The number of carbonyl (C=O) groups is 1. The Morgan fingerprint density at radius 2 is 0.871 bits per heavy atom. The third-order valence-electron chi connectivity index (χ3n) is 12.6. The molecule has 0 aliphatic carbocycles. The molecule has 3 atom stereocenters. The standard InChI is InChI=1S/C61H111N2O6P/c1-6-8-10-12-14-16-18-20-22-24-25-26-27-28-29-30-31-32-33-34-35-36-37-39-40-42-44-46-48-50-52-54-60(64)59(58-69-70(66,67)68-57-56-63(3,4)5)62-61(65)55-53-51-49-47-45-43-41-38-23-21-19-17-15-13-11-9-7-2/h9,11,15,17,21,23,37,39,41,43-44,46,52,54,59-60,64H,6-8,10,12-14,16,18-20,22,24-36,38,40,42,45,47-51,53,55-58H2,1-5H3,(H-,62,65,66,67)/p+1/b11-9-,17-15-,23-21-,39-37+,43-41-,46-44+,54-52+. The van der Waals surface area contributed by atoms with Crippen LogP contribution in [0.2, 0.25) is 0 Å². The van der Waals surface area contributed by atoms with Gasteiger partial charge in [0.2, 0.25) is 5.91 Å². The van der Waals surface area contributed by atoms with Crippen molar-refractivity contribution in [3.8, 4) is 0 Å². The normalized spacial score (nSPS) is 14.6. The number of aliphatic hydroxyl groups excluding tert-OH is 1. The average molecular weight is 1000 g/mol. The highest BCUT2D eigenvalue weighted by Gasteiger charge is 2.27. The number of hydrogen-bond acceptors (Lipinski definition) is 5.